The highest BCUT2D eigenvalue weighted by molar-refractivity contribution is 5.95. The maximum atomic E-state index is 12.8. The second-order valence-electron chi connectivity index (χ2n) is 9.67. The molecule has 4 aromatic heterocycles. The van der Waals surface area contributed by atoms with Gasteiger partial charge < -0.3 is 19.8 Å². The third kappa shape index (κ3) is 5.42. The fraction of sp³-hybridized carbons (Fsp3) is 0.276. The molecule has 1 fully saturated rings. The van der Waals surface area contributed by atoms with Crippen LogP contribution < -0.4 is 15.6 Å². The van der Waals surface area contributed by atoms with Gasteiger partial charge in [-0.2, -0.15) is 5.10 Å². The van der Waals surface area contributed by atoms with Crippen molar-refractivity contribution in [3.05, 3.63) is 77.2 Å². The number of aromatic nitrogens is 6. The second-order valence-corrected chi connectivity index (χ2v) is 9.67. The Morgan fingerprint density at radius 1 is 1.05 bits per heavy atom. The van der Waals surface area contributed by atoms with Gasteiger partial charge in [0.25, 0.3) is 5.56 Å². The van der Waals surface area contributed by atoms with E-state index >= 15 is 0 Å². The zero-order valence-electron chi connectivity index (χ0n) is 22.4. The molecule has 11 heteroatoms. The second kappa shape index (κ2) is 11.2. The van der Waals surface area contributed by atoms with Crippen LogP contribution in [0.4, 0.5) is 11.5 Å². The number of methoxy groups -OCH3 is 1. The van der Waals surface area contributed by atoms with Crippen molar-refractivity contribution < 1.29 is 9.47 Å². The van der Waals surface area contributed by atoms with Gasteiger partial charge in [0.05, 0.1) is 56.5 Å². The van der Waals surface area contributed by atoms with Gasteiger partial charge in [-0.05, 0) is 47.7 Å². The van der Waals surface area contributed by atoms with Crippen LogP contribution in [0.3, 0.4) is 0 Å². The standard InChI is InChI=1S/C29H30N8O3/c1-19-13-22(3-4-23(19)21-15-32-37(18-21)8-7-36-9-11-40-12-10-36)33-28-27-20(5-6-31-29(27)38)14-24(35-28)25-16-30-17-26(34-25)39-2/h3-6,13-18H,7-12H2,1-2H3,(H,31,38)(H,33,35). The number of nitrogens with one attached hydrogen (secondary N) is 2. The fourth-order valence-corrected chi connectivity index (χ4v) is 4.90. The lowest BCUT2D eigenvalue weighted by Crippen LogP contribution is -2.38. The largest absolute Gasteiger partial charge is 0.480 e. The molecule has 6 rings (SSSR count). The summed E-state index contributed by atoms with van der Waals surface area (Å²) in [4.78, 5) is 31.4. The molecule has 1 aliphatic heterocycles. The van der Waals surface area contributed by atoms with Gasteiger partial charge in [0.1, 0.15) is 11.5 Å². The lowest BCUT2D eigenvalue weighted by molar-refractivity contribution is 0.0360. The molecule has 1 aliphatic rings. The summed E-state index contributed by atoms with van der Waals surface area (Å²) in [5, 5.41) is 9.14. The molecule has 1 aromatic carbocycles. The average molecular weight is 539 g/mol. The molecule has 11 nitrogen and oxygen atoms in total. The molecule has 0 spiro atoms. The number of ether oxygens (including phenoxy) is 2. The molecule has 5 aromatic rings. The van der Waals surface area contributed by atoms with Crippen molar-refractivity contribution in [2.45, 2.75) is 13.5 Å². The van der Waals surface area contributed by atoms with E-state index in [9.17, 15) is 4.79 Å². The number of H-pyrrole nitrogens is 1. The van der Waals surface area contributed by atoms with Crippen molar-refractivity contribution in [3.8, 4) is 28.4 Å². The Kier molecular flexibility index (Phi) is 7.21. The van der Waals surface area contributed by atoms with Crippen LogP contribution in [-0.2, 0) is 11.3 Å². The molecule has 0 atom stereocenters. The number of benzene rings is 1. The summed E-state index contributed by atoms with van der Waals surface area (Å²) in [5.41, 5.74) is 4.93. The van der Waals surface area contributed by atoms with E-state index in [4.69, 9.17) is 14.5 Å². The van der Waals surface area contributed by atoms with Gasteiger partial charge >= 0.3 is 0 Å². The summed E-state index contributed by atoms with van der Waals surface area (Å²) in [6, 6.07) is 9.75. The van der Waals surface area contributed by atoms with Crippen molar-refractivity contribution in [1.29, 1.82) is 0 Å². The number of nitrogens with zero attached hydrogens (tertiary/aromatic N) is 6. The highest BCUT2D eigenvalue weighted by Gasteiger charge is 2.15. The molecule has 0 radical (unpaired) electrons. The van der Waals surface area contributed by atoms with Crippen LogP contribution in [0.25, 0.3) is 33.3 Å². The lowest BCUT2D eigenvalue weighted by atomic mass is 10.0. The summed E-state index contributed by atoms with van der Waals surface area (Å²) >= 11 is 0. The van der Waals surface area contributed by atoms with E-state index in [2.05, 4.69) is 49.5 Å². The van der Waals surface area contributed by atoms with E-state index in [0.717, 1.165) is 67.2 Å². The van der Waals surface area contributed by atoms with Gasteiger partial charge in [0, 0.05) is 43.3 Å². The highest BCUT2D eigenvalue weighted by Crippen LogP contribution is 2.30. The third-order valence-corrected chi connectivity index (χ3v) is 7.02. The monoisotopic (exact) mass is 538 g/mol. The van der Waals surface area contributed by atoms with Crippen molar-refractivity contribution in [3.63, 3.8) is 0 Å². The Morgan fingerprint density at radius 3 is 2.75 bits per heavy atom. The number of anilines is 2. The molecule has 0 amide bonds. The molecule has 0 saturated carbocycles. The lowest BCUT2D eigenvalue weighted by Gasteiger charge is -2.26. The minimum atomic E-state index is -0.228. The van der Waals surface area contributed by atoms with Crippen LogP contribution >= 0.6 is 0 Å². The van der Waals surface area contributed by atoms with Gasteiger partial charge in [-0.25, -0.2) is 9.97 Å². The summed E-state index contributed by atoms with van der Waals surface area (Å²) in [5.74, 6) is 0.817. The van der Waals surface area contributed by atoms with Crippen molar-refractivity contribution in [1.82, 2.24) is 34.6 Å². The summed E-state index contributed by atoms with van der Waals surface area (Å²) < 4.78 is 12.7. The van der Waals surface area contributed by atoms with Gasteiger partial charge in [-0.3, -0.25) is 19.4 Å². The molecular weight excluding hydrogens is 508 g/mol. The Labute approximate surface area is 230 Å². The molecule has 0 unspecified atom stereocenters. The smallest absolute Gasteiger partial charge is 0.259 e. The number of aryl methyl sites for hydroxylation is 1. The molecule has 0 bridgehead atoms. The quantitative estimate of drug-likeness (QED) is 0.305. The molecular formula is C29H30N8O3. The summed E-state index contributed by atoms with van der Waals surface area (Å²) in [6.45, 7) is 7.37. The van der Waals surface area contributed by atoms with Crippen LogP contribution in [0, 0.1) is 6.92 Å². The number of fused-ring (bicyclic) bond motifs is 1. The Balaban J connectivity index is 1.26. The van der Waals surface area contributed by atoms with Gasteiger partial charge in [0.15, 0.2) is 0 Å². The van der Waals surface area contributed by atoms with Crippen molar-refractivity contribution >= 4 is 22.3 Å². The summed E-state index contributed by atoms with van der Waals surface area (Å²) in [7, 11) is 1.54. The molecule has 2 N–H and O–H groups in total. The number of aromatic amines is 1. The maximum absolute atomic E-state index is 12.8. The van der Waals surface area contributed by atoms with Crippen molar-refractivity contribution in [2.24, 2.45) is 0 Å². The van der Waals surface area contributed by atoms with E-state index in [1.165, 1.54) is 13.3 Å². The first kappa shape index (κ1) is 25.7. The molecule has 1 saturated heterocycles. The van der Waals surface area contributed by atoms with Crippen LogP contribution in [0.2, 0.25) is 0 Å². The normalized spacial score (nSPS) is 13.9. The molecule has 5 heterocycles. The maximum Gasteiger partial charge on any atom is 0.259 e. The SMILES string of the molecule is COc1cncc(-c2cc3cc[nH]c(=O)c3c(Nc3ccc(-c4cnn(CCN5CCOCC5)c4)c(C)c3)n2)n1. The van der Waals surface area contributed by atoms with Crippen molar-refractivity contribution in [2.75, 3.05) is 45.3 Å². The third-order valence-electron chi connectivity index (χ3n) is 7.02. The number of hydrogen-bond acceptors (Lipinski definition) is 9. The Morgan fingerprint density at radius 2 is 1.93 bits per heavy atom. The van der Waals surface area contributed by atoms with Gasteiger partial charge in [0.2, 0.25) is 5.88 Å². The fourth-order valence-electron chi connectivity index (χ4n) is 4.90. The number of morpholine rings is 1. The summed E-state index contributed by atoms with van der Waals surface area (Å²) in [6.07, 6.45) is 8.76. The zero-order chi connectivity index (χ0) is 27.5. The van der Waals surface area contributed by atoms with E-state index in [0.29, 0.717) is 28.5 Å². The van der Waals surface area contributed by atoms with Gasteiger partial charge in [-0.15, -0.1) is 0 Å². The first-order valence-electron chi connectivity index (χ1n) is 13.2. The minimum absolute atomic E-state index is 0.228. The minimum Gasteiger partial charge on any atom is -0.480 e. The average Bonchev–Trinajstić information content (AvgIpc) is 3.45. The number of rotatable bonds is 8. The van der Waals surface area contributed by atoms with Crippen LogP contribution in [0.15, 0.2) is 66.1 Å². The van der Waals surface area contributed by atoms with Crippen LogP contribution in [-0.4, -0.2) is 74.6 Å². The predicted molar refractivity (Wildman–Crippen MR) is 153 cm³/mol. The Bertz CT molecular complexity index is 1710. The van der Waals surface area contributed by atoms with Crippen LogP contribution in [0.5, 0.6) is 5.88 Å². The van der Waals surface area contributed by atoms with E-state index < -0.39 is 0 Å². The topological polar surface area (TPSA) is 123 Å². The first-order chi connectivity index (χ1) is 19.6. The van der Waals surface area contributed by atoms with Crippen LogP contribution in [0.1, 0.15) is 5.56 Å². The number of hydrogen-bond donors (Lipinski definition) is 2. The van der Waals surface area contributed by atoms with E-state index in [1.807, 2.05) is 35.1 Å². The number of pyridine rings is 2. The highest BCUT2D eigenvalue weighted by atomic mass is 16.5. The molecule has 40 heavy (non-hydrogen) atoms. The van der Waals surface area contributed by atoms with Gasteiger partial charge in [-0.1, -0.05) is 6.07 Å². The Hall–Kier alpha value is -4.61. The first-order valence-corrected chi connectivity index (χ1v) is 13.2. The predicted octanol–water partition coefficient (Wildman–Crippen LogP) is 3.64. The zero-order valence-corrected chi connectivity index (χ0v) is 22.4. The van der Waals surface area contributed by atoms with E-state index in [-0.39, 0.29) is 5.56 Å². The molecule has 204 valence electrons. The van der Waals surface area contributed by atoms with E-state index in [1.54, 1.807) is 12.4 Å². The molecule has 0 aliphatic carbocycles.